The number of aliphatic carboxylic acids is 1. The molecule has 0 aromatic heterocycles. The van der Waals surface area contributed by atoms with Crippen molar-refractivity contribution in [2.75, 3.05) is 6.26 Å². The average Bonchev–Trinajstić information content (AvgIpc) is 2.58. The van der Waals surface area contributed by atoms with E-state index in [4.69, 9.17) is 5.11 Å². The Kier molecular flexibility index (Phi) is 6.52. The number of carboxylic acid groups (broad SMARTS) is 1. The molecular formula is C19H21NO5S. The minimum absolute atomic E-state index is 0.0624. The first-order chi connectivity index (χ1) is 12.2. The van der Waals surface area contributed by atoms with Crippen LogP contribution < -0.4 is 5.32 Å². The highest BCUT2D eigenvalue weighted by molar-refractivity contribution is 7.89. The standard InChI is InChI=1S/C19H21NO5S/c1-26(24,25)13-14-7-9-16(10-8-14)19(23)20-17(11-12-18(21)22)15-5-3-2-4-6-15/h2-10,17H,11-13H2,1H3,(H,20,23)(H,21,22). The fraction of sp³-hybridized carbons (Fsp3) is 0.263. The summed E-state index contributed by atoms with van der Waals surface area (Å²) < 4.78 is 22.6. The van der Waals surface area contributed by atoms with Crippen molar-refractivity contribution in [1.29, 1.82) is 0 Å². The Hall–Kier alpha value is -2.67. The molecule has 0 radical (unpaired) electrons. The largest absolute Gasteiger partial charge is 0.481 e. The molecule has 2 aromatic carbocycles. The van der Waals surface area contributed by atoms with Crippen molar-refractivity contribution < 1.29 is 23.1 Å². The highest BCUT2D eigenvalue weighted by atomic mass is 32.2. The summed E-state index contributed by atoms with van der Waals surface area (Å²) >= 11 is 0. The number of hydrogen-bond donors (Lipinski definition) is 2. The molecule has 0 fully saturated rings. The van der Waals surface area contributed by atoms with Crippen LogP contribution in [0.2, 0.25) is 0 Å². The molecule has 1 atom stereocenters. The van der Waals surface area contributed by atoms with E-state index in [-0.39, 0.29) is 24.5 Å². The minimum atomic E-state index is -3.14. The van der Waals surface area contributed by atoms with Crippen LogP contribution in [-0.4, -0.2) is 31.7 Å². The first-order valence-electron chi connectivity index (χ1n) is 8.09. The molecule has 2 rings (SSSR count). The summed E-state index contributed by atoms with van der Waals surface area (Å²) in [4.78, 5) is 23.4. The lowest BCUT2D eigenvalue weighted by atomic mass is 10.0. The molecule has 0 saturated heterocycles. The van der Waals surface area contributed by atoms with E-state index in [1.807, 2.05) is 30.3 Å². The van der Waals surface area contributed by atoms with Gasteiger partial charge in [-0.25, -0.2) is 8.42 Å². The summed E-state index contributed by atoms with van der Waals surface area (Å²) in [6.45, 7) is 0. The zero-order chi connectivity index (χ0) is 19.2. The van der Waals surface area contributed by atoms with Gasteiger partial charge in [0.1, 0.15) is 0 Å². The third-order valence-electron chi connectivity index (χ3n) is 3.80. The highest BCUT2D eigenvalue weighted by Gasteiger charge is 2.17. The molecule has 1 unspecified atom stereocenters. The summed E-state index contributed by atoms with van der Waals surface area (Å²) in [7, 11) is -3.14. The smallest absolute Gasteiger partial charge is 0.303 e. The monoisotopic (exact) mass is 375 g/mol. The van der Waals surface area contributed by atoms with Crippen molar-refractivity contribution in [3.05, 3.63) is 71.3 Å². The maximum Gasteiger partial charge on any atom is 0.303 e. The molecular weight excluding hydrogens is 354 g/mol. The number of benzene rings is 2. The number of sulfone groups is 1. The van der Waals surface area contributed by atoms with Gasteiger partial charge in [0, 0.05) is 18.2 Å². The summed E-state index contributed by atoms with van der Waals surface area (Å²) in [6.07, 6.45) is 1.37. The number of amides is 1. The molecule has 138 valence electrons. The van der Waals surface area contributed by atoms with E-state index in [0.29, 0.717) is 11.1 Å². The molecule has 0 aliphatic rings. The van der Waals surface area contributed by atoms with Crippen LogP contribution in [0, 0.1) is 0 Å². The third-order valence-corrected chi connectivity index (χ3v) is 4.66. The second-order valence-electron chi connectivity index (χ2n) is 6.14. The molecule has 0 saturated carbocycles. The van der Waals surface area contributed by atoms with E-state index < -0.39 is 21.8 Å². The van der Waals surface area contributed by atoms with Gasteiger partial charge in [0.25, 0.3) is 5.91 Å². The molecule has 2 aromatic rings. The zero-order valence-electron chi connectivity index (χ0n) is 14.4. The van der Waals surface area contributed by atoms with E-state index in [9.17, 15) is 18.0 Å². The molecule has 1 amide bonds. The summed E-state index contributed by atoms with van der Waals surface area (Å²) in [5.74, 6) is -1.35. The molecule has 2 N–H and O–H groups in total. The van der Waals surface area contributed by atoms with Gasteiger partial charge in [-0.1, -0.05) is 42.5 Å². The van der Waals surface area contributed by atoms with E-state index in [1.165, 1.54) is 0 Å². The van der Waals surface area contributed by atoms with E-state index >= 15 is 0 Å². The number of carboxylic acids is 1. The SMILES string of the molecule is CS(=O)(=O)Cc1ccc(C(=O)NC(CCC(=O)O)c2ccccc2)cc1. The van der Waals surface area contributed by atoms with Crippen molar-refractivity contribution >= 4 is 21.7 Å². The topological polar surface area (TPSA) is 101 Å². The van der Waals surface area contributed by atoms with Crippen LogP contribution in [0.25, 0.3) is 0 Å². The molecule has 6 nitrogen and oxygen atoms in total. The molecule has 0 spiro atoms. The Labute approximate surface area is 152 Å². The van der Waals surface area contributed by atoms with Crippen molar-refractivity contribution in [2.24, 2.45) is 0 Å². The Balaban J connectivity index is 2.12. The van der Waals surface area contributed by atoms with Gasteiger partial charge in [0.05, 0.1) is 11.8 Å². The van der Waals surface area contributed by atoms with Gasteiger partial charge in [0.15, 0.2) is 9.84 Å². The number of carbonyl (C=O) groups is 2. The Morgan fingerprint density at radius 1 is 1.04 bits per heavy atom. The second kappa shape index (κ2) is 8.62. The minimum Gasteiger partial charge on any atom is -0.481 e. The Morgan fingerprint density at radius 2 is 1.65 bits per heavy atom. The molecule has 26 heavy (non-hydrogen) atoms. The molecule has 7 heteroatoms. The van der Waals surface area contributed by atoms with Crippen molar-refractivity contribution in [3.8, 4) is 0 Å². The van der Waals surface area contributed by atoms with Gasteiger partial charge >= 0.3 is 5.97 Å². The van der Waals surface area contributed by atoms with E-state index in [1.54, 1.807) is 24.3 Å². The van der Waals surface area contributed by atoms with Gasteiger partial charge in [0.2, 0.25) is 0 Å². The first kappa shape index (κ1) is 19.7. The predicted molar refractivity (Wildman–Crippen MR) is 98.5 cm³/mol. The van der Waals surface area contributed by atoms with E-state index in [2.05, 4.69) is 5.32 Å². The summed E-state index contributed by atoms with van der Waals surface area (Å²) in [6, 6.07) is 15.1. The summed E-state index contributed by atoms with van der Waals surface area (Å²) in [5.41, 5.74) is 1.82. The summed E-state index contributed by atoms with van der Waals surface area (Å²) in [5, 5.41) is 11.8. The normalized spacial score (nSPS) is 12.3. The number of nitrogens with one attached hydrogen (secondary N) is 1. The Bertz CT molecular complexity index is 861. The molecule has 0 aliphatic carbocycles. The lowest BCUT2D eigenvalue weighted by molar-refractivity contribution is -0.137. The molecule has 0 heterocycles. The van der Waals surface area contributed by atoms with Crippen LogP contribution in [0.5, 0.6) is 0 Å². The van der Waals surface area contributed by atoms with Crippen LogP contribution in [-0.2, 0) is 20.4 Å². The van der Waals surface area contributed by atoms with Gasteiger partial charge in [-0.15, -0.1) is 0 Å². The number of rotatable bonds is 8. The number of carbonyl (C=O) groups excluding carboxylic acids is 1. The lowest BCUT2D eigenvalue weighted by Gasteiger charge is -2.18. The Morgan fingerprint density at radius 3 is 2.19 bits per heavy atom. The maximum absolute atomic E-state index is 12.5. The van der Waals surface area contributed by atoms with Crippen LogP contribution in [0.4, 0.5) is 0 Å². The third kappa shape index (κ3) is 6.33. The van der Waals surface area contributed by atoms with Crippen molar-refractivity contribution in [3.63, 3.8) is 0 Å². The van der Waals surface area contributed by atoms with Crippen LogP contribution >= 0.6 is 0 Å². The number of hydrogen-bond acceptors (Lipinski definition) is 4. The van der Waals surface area contributed by atoms with Crippen LogP contribution in [0.3, 0.4) is 0 Å². The van der Waals surface area contributed by atoms with Crippen LogP contribution in [0.1, 0.15) is 40.4 Å². The predicted octanol–water partition coefficient (Wildman–Crippen LogP) is 2.57. The van der Waals surface area contributed by atoms with Gasteiger partial charge in [-0.05, 0) is 29.7 Å². The lowest BCUT2D eigenvalue weighted by Crippen LogP contribution is -2.29. The van der Waals surface area contributed by atoms with Gasteiger partial charge in [-0.3, -0.25) is 9.59 Å². The quantitative estimate of drug-likeness (QED) is 0.738. The van der Waals surface area contributed by atoms with Gasteiger partial charge < -0.3 is 10.4 Å². The molecule has 0 aliphatic heterocycles. The molecule has 0 bridgehead atoms. The van der Waals surface area contributed by atoms with Crippen molar-refractivity contribution in [1.82, 2.24) is 5.32 Å². The average molecular weight is 375 g/mol. The zero-order valence-corrected chi connectivity index (χ0v) is 15.2. The fourth-order valence-corrected chi connectivity index (χ4v) is 3.37. The fourth-order valence-electron chi connectivity index (χ4n) is 2.57. The second-order valence-corrected chi connectivity index (χ2v) is 8.28. The highest BCUT2D eigenvalue weighted by Crippen LogP contribution is 2.19. The van der Waals surface area contributed by atoms with Gasteiger partial charge in [-0.2, -0.15) is 0 Å². The van der Waals surface area contributed by atoms with E-state index in [0.717, 1.165) is 11.8 Å². The first-order valence-corrected chi connectivity index (χ1v) is 10.1. The maximum atomic E-state index is 12.5. The van der Waals surface area contributed by atoms with Crippen LogP contribution in [0.15, 0.2) is 54.6 Å². The van der Waals surface area contributed by atoms with Crippen molar-refractivity contribution in [2.45, 2.75) is 24.6 Å².